The molecular weight excluding hydrogens is 324 g/mol. The number of hydrogen-bond donors (Lipinski definition) is 1. The van der Waals surface area contributed by atoms with Gasteiger partial charge in [0.15, 0.2) is 0 Å². The van der Waals surface area contributed by atoms with E-state index in [0.717, 1.165) is 56.9 Å². The summed E-state index contributed by atoms with van der Waals surface area (Å²) in [6.07, 6.45) is 7.30. The molecule has 2 aliphatic heterocycles. The van der Waals surface area contributed by atoms with Crippen LogP contribution in [-0.4, -0.2) is 56.7 Å². The Balaban J connectivity index is 1.54. The van der Waals surface area contributed by atoms with Gasteiger partial charge >= 0.3 is 0 Å². The summed E-state index contributed by atoms with van der Waals surface area (Å²) >= 11 is 0. The molecule has 2 fully saturated rings. The van der Waals surface area contributed by atoms with Gasteiger partial charge in [0.05, 0.1) is 18.1 Å². The number of aromatic nitrogens is 2. The monoisotopic (exact) mass is 354 g/mol. The molecule has 3 heterocycles. The van der Waals surface area contributed by atoms with Crippen molar-refractivity contribution in [2.24, 2.45) is 0 Å². The van der Waals surface area contributed by atoms with Crippen molar-refractivity contribution in [2.75, 3.05) is 26.2 Å². The first-order valence-corrected chi connectivity index (χ1v) is 9.94. The highest BCUT2D eigenvalue weighted by Crippen LogP contribution is 2.37. The Kier molecular flexibility index (Phi) is 5.11. The summed E-state index contributed by atoms with van der Waals surface area (Å²) < 4.78 is 2.12. The van der Waals surface area contributed by atoms with Gasteiger partial charge in [-0.15, -0.1) is 0 Å². The predicted molar refractivity (Wildman–Crippen MR) is 103 cm³/mol. The maximum absolute atomic E-state index is 11.7. The maximum atomic E-state index is 11.7. The first-order chi connectivity index (χ1) is 12.7. The molecule has 2 aliphatic rings. The summed E-state index contributed by atoms with van der Waals surface area (Å²) in [6, 6.07) is 10.4. The van der Waals surface area contributed by atoms with Crippen molar-refractivity contribution in [1.82, 2.24) is 19.4 Å². The summed E-state index contributed by atoms with van der Waals surface area (Å²) in [5.41, 5.74) is 1.43. The Hall–Kier alpha value is -1.69. The zero-order valence-corrected chi connectivity index (χ0v) is 15.7. The second kappa shape index (κ2) is 7.51. The average molecular weight is 354 g/mol. The molecule has 5 heteroatoms. The second-order valence-electron chi connectivity index (χ2n) is 7.73. The van der Waals surface area contributed by atoms with E-state index in [1.165, 1.54) is 12.8 Å². The number of piperidine rings is 1. The fourth-order valence-corrected chi connectivity index (χ4v) is 4.55. The average Bonchev–Trinajstić information content (AvgIpc) is 3.36. The molecule has 0 radical (unpaired) electrons. The van der Waals surface area contributed by atoms with E-state index in [-0.39, 0.29) is 6.04 Å². The summed E-state index contributed by atoms with van der Waals surface area (Å²) in [6.45, 7) is 7.93. The molecule has 2 saturated heterocycles. The fraction of sp³-hybridized carbons (Fsp3) is 0.571. The van der Waals surface area contributed by atoms with Crippen LogP contribution in [0.1, 0.15) is 37.4 Å². The van der Waals surface area contributed by atoms with Crippen LogP contribution in [0.15, 0.2) is 42.9 Å². The number of benzene rings is 1. The predicted octanol–water partition coefficient (Wildman–Crippen LogP) is 2.46. The lowest BCUT2D eigenvalue weighted by molar-refractivity contribution is -0.0960. The standard InChI is InChI=1S/C21H30N4O/c1-2-23-14-19(22-17-23)15-24-13-10-21(26,18-8-4-3-5-9-18)20(16-24)25-11-6-7-12-25/h3-5,8-9,14,17,20,26H,2,6-7,10-13,15-16H2,1H3/t20-,21+/m1/s1. The fourth-order valence-electron chi connectivity index (χ4n) is 4.55. The van der Waals surface area contributed by atoms with Gasteiger partial charge in [0.25, 0.3) is 0 Å². The van der Waals surface area contributed by atoms with Crippen LogP contribution < -0.4 is 0 Å². The van der Waals surface area contributed by atoms with Crippen molar-refractivity contribution in [3.8, 4) is 0 Å². The van der Waals surface area contributed by atoms with E-state index in [1.54, 1.807) is 0 Å². The quantitative estimate of drug-likeness (QED) is 0.896. The number of aliphatic hydroxyl groups is 1. The Morgan fingerprint density at radius 3 is 2.62 bits per heavy atom. The largest absolute Gasteiger partial charge is 0.383 e. The van der Waals surface area contributed by atoms with E-state index in [9.17, 15) is 5.11 Å². The second-order valence-corrected chi connectivity index (χ2v) is 7.73. The number of aryl methyl sites for hydroxylation is 1. The molecule has 5 nitrogen and oxygen atoms in total. The molecule has 0 bridgehead atoms. The van der Waals surface area contributed by atoms with Crippen LogP contribution in [0.2, 0.25) is 0 Å². The van der Waals surface area contributed by atoms with Crippen LogP contribution in [-0.2, 0) is 18.7 Å². The molecule has 2 atom stereocenters. The number of hydrogen-bond acceptors (Lipinski definition) is 4. The minimum atomic E-state index is -0.759. The molecule has 1 aromatic carbocycles. The van der Waals surface area contributed by atoms with Crippen molar-refractivity contribution in [2.45, 2.75) is 50.9 Å². The van der Waals surface area contributed by atoms with Crippen molar-refractivity contribution in [3.63, 3.8) is 0 Å². The smallest absolute Gasteiger partial charge is 0.108 e. The normalized spacial score (nSPS) is 27.8. The summed E-state index contributed by atoms with van der Waals surface area (Å²) in [7, 11) is 0. The minimum Gasteiger partial charge on any atom is -0.383 e. The molecule has 0 spiro atoms. The highest BCUT2D eigenvalue weighted by atomic mass is 16.3. The molecular formula is C21H30N4O. The van der Waals surface area contributed by atoms with Gasteiger partial charge in [-0.25, -0.2) is 4.98 Å². The molecule has 0 aliphatic carbocycles. The Bertz CT molecular complexity index is 710. The molecule has 0 amide bonds. The third kappa shape index (κ3) is 3.43. The van der Waals surface area contributed by atoms with E-state index in [1.807, 2.05) is 24.5 Å². The number of imidazole rings is 1. The van der Waals surface area contributed by atoms with Crippen LogP contribution in [0, 0.1) is 0 Å². The molecule has 4 rings (SSSR count). The zero-order valence-electron chi connectivity index (χ0n) is 15.7. The van der Waals surface area contributed by atoms with Crippen molar-refractivity contribution >= 4 is 0 Å². The van der Waals surface area contributed by atoms with Crippen LogP contribution >= 0.6 is 0 Å². The molecule has 0 unspecified atom stereocenters. The lowest BCUT2D eigenvalue weighted by Gasteiger charge is -2.48. The van der Waals surface area contributed by atoms with Gasteiger partial charge in [-0.3, -0.25) is 9.80 Å². The SMILES string of the molecule is CCn1cnc(CN2CC[C@](O)(c3ccccc3)[C@H](N3CCCC3)C2)c1. The molecule has 1 aromatic heterocycles. The molecule has 2 aromatic rings. The van der Waals surface area contributed by atoms with E-state index in [2.05, 4.69) is 44.6 Å². The molecule has 140 valence electrons. The van der Waals surface area contributed by atoms with Crippen molar-refractivity contribution in [3.05, 3.63) is 54.1 Å². The van der Waals surface area contributed by atoms with Crippen LogP contribution in [0.25, 0.3) is 0 Å². The Labute approximate surface area is 156 Å². The third-order valence-electron chi connectivity index (χ3n) is 6.08. The number of nitrogens with zero attached hydrogens (tertiary/aromatic N) is 4. The summed E-state index contributed by atoms with van der Waals surface area (Å²) in [5.74, 6) is 0. The van der Waals surface area contributed by atoms with Crippen molar-refractivity contribution < 1.29 is 5.11 Å². The Morgan fingerprint density at radius 2 is 1.92 bits per heavy atom. The zero-order chi connectivity index (χ0) is 18.0. The highest BCUT2D eigenvalue weighted by molar-refractivity contribution is 5.26. The maximum Gasteiger partial charge on any atom is 0.108 e. The van der Waals surface area contributed by atoms with Gasteiger partial charge in [0.1, 0.15) is 5.60 Å². The van der Waals surface area contributed by atoms with E-state index < -0.39 is 5.60 Å². The Morgan fingerprint density at radius 1 is 1.15 bits per heavy atom. The van der Waals surface area contributed by atoms with Gasteiger partial charge in [-0.05, 0) is 44.8 Å². The lowest BCUT2D eigenvalue weighted by Crippen LogP contribution is -2.60. The molecule has 1 N–H and O–H groups in total. The van der Waals surface area contributed by atoms with Crippen LogP contribution in [0.4, 0.5) is 0 Å². The molecule has 0 saturated carbocycles. The van der Waals surface area contributed by atoms with Gasteiger partial charge < -0.3 is 9.67 Å². The lowest BCUT2D eigenvalue weighted by atomic mass is 9.79. The van der Waals surface area contributed by atoms with Crippen molar-refractivity contribution in [1.29, 1.82) is 0 Å². The van der Waals surface area contributed by atoms with E-state index >= 15 is 0 Å². The van der Waals surface area contributed by atoms with Crippen LogP contribution in [0.5, 0.6) is 0 Å². The summed E-state index contributed by atoms with van der Waals surface area (Å²) in [5, 5.41) is 11.7. The van der Waals surface area contributed by atoms with E-state index in [4.69, 9.17) is 0 Å². The summed E-state index contributed by atoms with van der Waals surface area (Å²) in [4.78, 5) is 9.51. The third-order valence-corrected chi connectivity index (χ3v) is 6.08. The molecule has 26 heavy (non-hydrogen) atoms. The first kappa shape index (κ1) is 17.7. The first-order valence-electron chi connectivity index (χ1n) is 9.94. The van der Waals surface area contributed by atoms with Gasteiger partial charge in [-0.1, -0.05) is 30.3 Å². The number of rotatable bonds is 5. The number of likely N-dealkylation sites (tertiary alicyclic amines) is 2. The van der Waals surface area contributed by atoms with Gasteiger partial charge in [-0.2, -0.15) is 0 Å². The topological polar surface area (TPSA) is 44.5 Å². The van der Waals surface area contributed by atoms with Crippen LogP contribution in [0.3, 0.4) is 0 Å². The van der Waals surface area contributed by atoms with E-state index in [0.29, 0.717) is 0 Å². The minimum absolute atomic E-state index is 0.148. The van der Waals surface area contributed by atoms with Gasteiger partial charge in [0, 0.05) is 32.4 Å². The van der Waals surface area contributed by atoms with Gasteiger partial charge in [0.2, 0.25) is 0 Å². The highest BCUT2D eigenvalue weighted by Gasteiger charge is 2.46.